The van der Waals surface area contributed by atoms with E-state index in [1.54, 1.807) is 12.3 Å². The van der Waals surface area contributed by atoms with E-state index in [1.807, 2.05) is 48.5 Å². The molecule has 2 unspecified atom stereocenters. The number of hydrogen-bond donors (Lipinski definition) is 2. The predicted molar refractivity (Wildman–Crippen MR) is 125 cm³/mol. The van der Waals surface area contributed by atoms with Gasteiger partial charge in [0.25, 0.3) is 0 Å². The van der Waals surface area contributed by atoms with Gasteiger partial charge in [-0.25, -0.2) is 4.79 Å². The number of ether oxygens (including phenoxy) is 1. The van der Waals surface area contributed by atoms with Crippen LogP contribution in [0.25, 0.3) is 0 Å². The summed E-state index contributed by atoms with van der Waals surface area (Å²) in [4.78, 5) is 14.0. The molecule has 6 nitrogen and oxygen atoms in total. The fraction of sp³-hybridized carbons (Fsp3) is 0.360. The van der Waals surface area contributed by atoms with Gasteiger partial charge in [0.2, 0.25) is 0 Å². The molecule has 1 amide bonds. The minimum absolute atomic E-state index is 0.404. The van der Waals surface area contributed by atoms with Gasteiger partial charge in [-0.1, -0.05) is 61.7 Å². The topological polar surface area (TPSA) is 78.4 Å². The SMILES string of the molecule is CC1CCCC(Cc2cc(Cl)ccc2OCc2ccccc2)(N(C(=O)O)c2ccn[nH]2)C1. The van der Waals surface area contributed by atoms with Crippen LogP contribution in [0, 0.1) is 5.92 Å². The highest BCUT2D eigenvalue weighted by atomic mass is 35.5. The van der Waals surface area contributed by atoms with Gasteiger partial charge in [-0.3, -0.25) is 10.00 Å². The number of H-pyrrole nitrogens is 1. The van der Waals surface area contributed by atoms with Crippen molar-refractivity contribution in [3.63, 3.8) is 0 Å². The Kier molecular flexibility index (Phi) is 6.70. The summed E-state index contributed by atoms with van der Waals surface area (Å²) in [5, 5.41) is 17.7. The Morgan fingerprint density at radius 1 is 1.28 bits per heavy atom. The lowest BCUT2D eigenvalue weighted by Gasteiger charge is -2.46. The smallest absolute Gasteiger partial charge is 0.413 e. The first-order valence-electron chi connectivity index (χ1n) is 10.9. The number of aromatic nitrogens is 2. The minimum atomic E-state index is -0.989. The Morgan fingerprint density at radius 2 is 2.09 bits per heavy atom. The average Bonchev–Trinajstić information content (AvgIpc) is 3.27. The van der Waals surface area contributed by atoms with Crippen LogP contribution in [-0.4, -0.2) is 26.9 Å². The number of anilines is 1. The van der Waals surface area contributed by atoms with Crippen LogP contribution < -0.4 is 9.64 Å². The number of carbonyl (C=O) groups is 1. The molecule has 2 atom stereocenters. The summed E-state index contributed by atoms with van der Waals surface area (Å²) in [7, 11) is 0. The number of hydrogen-bond acceptors (Lipinski definition) is 3. The minimum Gasteiger partial charge on any atom is -0.489 e. The molecule has 7 heteroatoms. The summed E-state index contributed by atoms with van der Waals surface area (Å²) in [6.07, 6.45) is 4.66. The van der Waals surface area contributed by atoms with Gasteiger partial charge in [0, 0.05) is 11.1 Å². The fourth-order valence-electron chi connectivity index (χ4n) is 4.93. The molecule has 1 aliphatic carbocycles. The summed E-state index contributed by atoms with van der Waals surface area (Å²) < 4.78 is 6.18. The van der Waals surface area contributed by atoms with Crippen LogP contribution >= 0.6 is 11.6 Å². The van der Waals surface area contributed by atoms with Crippen LogP contribution in [0.5, 0.6) is 5.75 Å². The van der Waals surface area contributed by atoms with Crippen LogP contribution in [-0.2, 0) is 13.0 Å². The molecule has 0 spiro atoms. The summed E-state index contributed by atoms with van der Waals surface area (Å²) >= 11 is 6.37. The Balaban J connectivity index is 1.69. The van der Waals surface area contributed by atoms with Crippen LogP contribution in [0.3, 0.4) is 0 Å². The number of benzene rings is 2. The zero-order valence-corrected chi connectivity index (χ0v) is 18.9. The van der Waals surface area contributed by atoms with E-state index in [2.05, 4.69) is 17.1 Å². The van der Waals surface area contributed by atoms with Crippen molar-refractivity contribution in [2.45, 2.75) is 51.2 Å². The van der Waals surface area contributed by atoms with Crippen molar-refractivity contribution in [2.24, 2.45) is 5.92 Å². The van der Waals surface area contributed by atoms with Crippen molar-refractivity contribution in [3.05, 3.63) is 76.9 Å². The van der Waals surface area contributed by atoms with E-state index >= 15 is 0 Å². The molecule has 1 aromatic heterocycles. The first-order valence-corrected chi connectivity index (χ1v) is 11.3. The number of nitrogens with one attached hydrogen (secondary N) is 1. The molecule has 168 valence electrons. The van der Waals surface area contributed by atoms with Crippen molar-refractivity contribution in [2.75, 3.05) is 4.90 Å². The van der Waals surface area contributed by atoms with E-state index in [4.69, 9.17) is 16.3 Å². The molecule has 3 aromatic rings. The van der Waals surface area contributed by atoms with Crippen LogP contribution in [0.2, 0.25) is 5.02 Å². The summed E-state index contributed by atoms with van der Waals surface area (Å²) in [6.45, 7) is 2.62. The summed E-state index contributed by atoms with van der Waals surface area (Å²) in [5.74, 6) is 1.62. The Bertz CT molecular complexity index is 1040. The Morgan fingerprint density at radius 3 is 2.78 bits per heavy atom. The van der Waals surface area contributed by atoms with E-state index in [0.717, 1.165) is 42.6 Å². The van der Waals surface area contributed by atoms with E-state index < -0.39 is 11.6 Å². The van der Waals surface area contributed by atoms with Crippen molar-refractivity contribution in [1.82, 2.24) is 10.2 Å². The molecule has 1 fully saturated rings. The number of amides is 1. The van der Waals surface area contributed by atoms with Crippen LogP contribution in [0.1, 0.15) is 43.7 Å². The van der Waals surface area contributed by atoms with Crippen LogP contribution in [0.4, 0.5) is 10.6 Å². The van der Waals surface area contributed by atoms with Crippen molar-refractivity contribution >= 4 is 23.5 Å². The van der Waals surface area contributed by atoms with E-state index in [9.17, 15) is 9.90 Å². The quantitative estimate of drug-likeness (QED) is 0.438. The van der Waals surface area contributed by atoms with Gasteiger partial charge in [-0.05, 0) is 54.5 Å². The molecule has 1 heterocycles. The second kappa shape index (κ2) is 9.65. The molecule has 0 aliphatic heterocycles. The normalized spacial score (nSPS) is 20.6. The first kappa shape index (κ1) is 22.2. The molecular formula is C25H28ClN3O3. The van der Waals surface area contributed by atoms with Gasteiger partial charge < -0.3 is 9.84 Å². The van der Waals surface area contributed by atoms with Gasteiger partial charge in [0.05, 0.1) is 11.7 Å². The third-order valence-corrected chi connectivity index (χ3v) is 6.47. The third-order valence-electron chi connectivity index (χ3n) is 6.24. The standard InChI is InChI=1S/C25H28ClN3O3/c1-18-6-5-12-25(15-18,29(24(30)31)23-11-13-27-28-23)16-20-14-21(26)9-10-22(20)32-17-19-7-3-2-4-8-19/h2-4,7-11,13-14,18H,5-6,12,15-17H2,1H3,(H,27,28)(H,30,31). The van der Waals surface area contributed by atoms with Crippen molar-refractivity contribution in [3.8, 4) is 5.75 Å². The Hall–Kier alpha value is -2.99. The maximum Gasteiger partial charge on any atom is 0.413 e. The van der Waals surface area contributed by atoms with Gasteiger partial charge >= 0.3 is 6.09 Å². The van der Waals surface area contributed by atoms with E-state index in [-0.39, 0.29) is 0 Å². The maximum absolute atomic E-state index is 12.5. The molecule has 0 saturated heterocycles. The van der Waals surface area contributed by atoms with E-state index in [1.165, 1.54) is 4.90 Å². The molecular weight excluding hydrogens is 426 g/mol. The average molecular weight is 454 g/mol. The number of rotatable bonds is 7. The second-order valence-corrected chi connectivity index (χ2v) is 9.13. The lowest BCUT2D eigenvalue weighted by molar-refractivity contribution is 0.169. The fourth-order valence-corrected chi connectivity index (χ4v) is 5.12. The molecule has 0 radical (unpaired) electrons. The number of carboxylic acid groups (broad SMARTS) is 1. The zero-order chi connectivity index (χ0) is 22.6. The van der Waals surface area contributed by atoms with Gasteiger partial charge in [0.1, 0.15) is 18.2 Å². The van der Waals surface area contributed by atoms with Gasteiger partial charge in [-0.2, -0.15) is 5.10 Å². The molecule has 4 rings (SSSR count). The molecule has 32 heavy (non-hydrogen) atoms. The second-order valence-electron chi connectivity index (χ2n) is 8.69. The summed E-state index contributed by atoms with van der Waals surface area (Å²) in [6, 6.07) is 17.3. The summed E-state index contributed by atoms with van der Waals surface area (Å²) in [5.41, 5.74) is 1.36. The zero-order valence-electron chi connectivity index (χ0n) is 18.1. The molecule has 2 N–H and O–H groups in total. The van der Waals surface area contributed by atoms with Gasteiger partial charge in [-0.15, -0.1) is 0 Å². The molecule has 1 aliphatic rings. The van der Waals surface area contributed by atoms with Crippen LogP contribution in [0.15, 0.2) is 60.8 Å². The highest BCUT2D eigenvalue weighted by Crippen LogP contribution is 2.43. The molecule has 1 saturated carbocycles. The Labute approximate surface area is 193 Å². The van der Waals surface area contributed by atoms with Crippen molar-refractivity contribution < 1.29 is 14.6 Å². The van der Waals surface area contributed by atoms with E-state index in [0.29, 0.717) is 29.8 Å². The van der Waals surface area contributed by atoms with Gasteiger partial charge in [0.15, 0.2) is 0 Å². The lowest BCUT2D eigenvalue weighted by atomic mass is 9.72. The predicted octanol–water partition coefficient (Wildman–Crippen LogP) is 6.32. The first-order chi connectivity index (χ1) is 15.5. The highest BCUT2D eigenvalue weighted by molar-refractivity contribution is 6.30. The maximum atomic E-state index is 12.5. The third kappa shape index (κ3) is 4.91. The monoisotopic (exact) mass is 453 g/mol. The van der Waals surface area contributed by atoms with Crippen molar-refractivity contribution in [1.29, 1.82) is 0 Å². The highest BCUT2D eigenvalue weighted by Gasteiger charge is 2.45. The molecule has 0 bridgehead atoms. The largest absolute Gasteiger partial charge is 0.489 e. The number of aromatic amines is 1. The molecule has 2 aromatic carbocycles. The lowest BCUT2D eigenvalue weighted by Crippen LogP contribution is -2.56. The number of halogens is 1. The number of nitrogens with zero attached hydrogens (tertiary/aromatic N) is 2.